The molecule has 0 bridgehead atoms. The molecule has 0 aliphatic heterocycles. The van der Waals surface area contributed by atoms with Crippen LogP contribution in [0.15, 0.2) is 24.3 Å². The summed E-state index contributed by atoms with van der Waals surface area (Å²) in [7, 11) is 0. The largest absolute Gasteiger partial charge is 0.464 e. The summed E-state index contributed by atoms with van der Waals surface area (Å²) in [5, 5.41) is 2.07. The van der Waals surface area contributed by atoms with E-state index in [0.29, 0.717) is 12.8 Å². The zero-order valence-corrected chi connectivity index (χ0v) is 17.4. The van der Waals surface area contributed by atoms with Crippen LogP contribution in [0.1, 0.15) is 31.4 Å². The van der Waals surface area contributed by atoms with Gasteiger partial charge in [-0.1, -0.05) is 36.0 Å². The van der Waals surface area contributed by atoms with E-state index in [1.165, 1.54) is 6.92 Å². The summed E-state index contributed by atoms with van der Waals surface area (Å²) in [5.74, 6) is -0.0171. The third kappa shape index (κ3) is 7.83. The first-order chi connectivity index (χ1) is 12.4. The summed E-state index contributed by atoms with van der Waals surface area (Å²) in [6.45, 7) is 5.42. The van der Waals surface area contributed by atoms with Gasteiger partial charge in [0.25, 0.3) is 0 Å². The van der Waals surface area contributed by atoms with Crippen molar-refractivity contribution in [1.82, 2.24) is 5.32 Å². The van der Waals surface area contributed by atoms with Gasteiger partial charge >= 0.3 is 5.97 Å². The fraction of sp³-hybridized carbons (Fsp3) is 0.526. The number of hydrogen-bond donors (Lipinski definition) is 1. The SMILES string of the molecule is CCOC(=O)[C@H](CCSC)NC(=O)[C@H](Cc1ccccc1C)SC(C)=O. The summed E-state index contributed by atoms with van der Waals surface area (Å²) in [6.07, 6.45) is 2.87. The Morgan fingerprint density at radius 3 is 2.50 bits per heavy atom. The summed E-state index contributed by atoms with van der Waals surface area (Å²) < 4.78 is 5.06. The first kappa shape index (κ1) is 22.6. The molecule has 1 aromatic carbocycles. The highest BCUT2D eigenvalue weighted by molar-refractivity contribution is 8.14. The van der Waals surface area contributed by atoms with Crippen LogP contribution in [-0.4, -0.2) is 46.9 Å². The first-order valence-corrected chi connectivity index (χ1v) is 10.8. The fourth-order valence-electron chi connectivity index (χ4n) is 2.42. The monoisotopic (exact) mass is 397 g/mol. The molecule has 1 aromatic rings. The zero-order chi connectivity index (χ0) is 19.5. The Balaban J connectivity index is 2.89. The van der Waals surface area contributed by atoms with Crippen LogP contribution in [0.25, 0.3) is 0 Å². The van der Waals surface area contributed by atoms with E-state index in [2.05, 4.69) is 5.32 Å². The maximum atomic E-state index is 12.8. The van der Waals surface area contributed by atoms with Crippen molar-refractivity contribution in [1.29, 1.82) is 0 Å². The van der Waals surface area contributed by atoms with Crippen LogP contribution in [0, 0.1) is 6.92 Å². The third-order valence-corrected chi connectivity index (χ3v) is 5.41. The number of thioether (sulfide) groups is 2. The molecule has 0 aliphatic rings. The summed E-state index contributed by atoms with van der Waals surface area (Å²) >= 11 is 2.59. The smallest absolute Gasteiger partial charge is 0.328 e. The Hall–Kier alpha value is -1.47. The van der Waals surface area contributed by atoms with Crippen molar-refractivity contribution in [3.05, 3.63) is 35.4 Å². The van der Waals surface area contributed by atoms with Gasteiger partial charge in [0.1, 0.15) is 6.04 Å². The molecule has 1 amide bonds. The van der Waals surface area contributed by atoms with Gasteiger partial charge in [-0.15, -0.1) is 0 Å². The quantitative estimate of drug-likeness (QED) is 0.612. The average molecular weight is 398 g/mol. The molecule has 5 nitrogen and oxygen atoms in total. The average Bonchev–Trinajstić information content (AvgIpc) is 2.59. The number of carbonyl (C=O) groups excluding carboxylic acids is 3. The normalized spacial score (nSPS) is 12.9. The number of amides is 1. The predicted octanol–water partition coefficient (Wildman–Crippen LogP) is 2.99. The molecule has 1 rings (SSSR count). The lowest BCUT2D eigenvalue weighted by molar-refractivity contribution is -0.147. The molecule has 0 saturated carbocycles. The van der Waals surface area contributed by atoms with Gasteiger partial charge in [0.2, 0.25) is 5.91 Å². The van der Waals surface area contributed by atoms with Gasteiger partial charge in [-0.05, 0) is 49.8 Å². The molecule has 0 radical (unpaired) electrons. The minimum atomic E-state index is -0.693. The number of benzene rings is 1. The van der Waals surface area contributed by atoms with E-state index < -0.39 is 17.3 Å². The minimum Gasteiger partial charge on any atom is -0.464 e. The summed E-state index contributed by atoms with van der Waals surface area (Å²) in [6, 6.07) is 7.08. The van der Waals surface area contributed by atoms with Crippen molar-refractivity contribution in [2.75, 3.05) is 18.6 Å². The van der Waals surface area contributed by atoms with Crippen LogP contribution in [0.5, 0.6) is 0 Å². The van der Waals surface area contributed by atoms with Gasteiger partial charge in [0.05, 0.1) is 11.9 Å². The number of hydrogen-bond acceptors (Lipinski definition) is 6. The molecule has 2 atom stereocenters. The van der Waals surface area contributed by atoms with Crippen molar-refractivity contribution in [3.8, 4) is 0 Å². The molecule has 0 saturated heterocycles. The number of carbonyl (C=O) groups is 3. The molecule has 26 heavy (non-hydrogen) atoms. The van der Waals surface area contributed by atoms with Crippen LogP contribution >= 0.6 is 23.5 Å². The minimum absolute atomic E-state index is 0.129. The molecule has 144 valence electrons. The lowest BCUT2D eigenvalue weighted by atomic mass is 10.0. The van der Waals surface area contributed by atoms with E-state index in [9.17, 15) is 14.4 Å². The van der Waals surface area contributed by atoms with Crippen LogP contribution in [0.2, 0.25) is 0 Å². The maximum absolute atomic E-state index is 12.8. The predicted molar refractivity (Wildman–Crippen MR) is 109 cm³/mol. The Morgan fingerprint density at radius 1 is 1.23 bits per heavy atom. The van der Waals surface area contributed by atoms with Crippen molar-refractivity contribution in [3.63, 3.8) is 0 Å². The van der Waals surface area contributed by atoms with Gasteiger partial charge in [-0.2, -0.15) is 11.8 Å². The van der Waals surface area contributed by atoms with E-state index in [1.807, 2.05) is 37.4 Å². The lowest BCUT2D eigenvalue weighted by Gasteiger charge is -2.21. The van der Waals surface area contributed by atoms with Crippen LogP contribution in [0.4, 0.5) is 0 Å². The zero-order valence-electron chi connectivity index (χ0n) is 15.7. The highest BCUT2D eigenvalue weighted by Gasteiger charge is 2.28. The molecular formula is C19H27NO4S2. The Kier molecular flexibility index (Phi) is 10.4. The van der Waals surface area contributed by atoms with E-state index in [4.69, 9.17) is 4.74 Å². The van der Waals surface area contributed by atoms with E-state index >= 15 is 0 Å². The van der Waals surface area contributed by atoms with Gasteiger partial charge in [-0.25, -0.2) is 4.79 Å². The van der Waals surface area contributed by atoms with Crippen LogP contribution in [-0.2, 0) is 25.5 Å². The van der Waals surface area contributed by atoms with E-state index in [0.717, 1.165) is 28.6 Å². The second-order valence-electron chi connectivity index (χ2n) is 5.82. The van der Waals surface area contributed by atoms with Gasteiger partial charge in [0.15, 0.2) is 5.12 Å². The molecular weight excluding hydrogens is 370 g/mol. The standard InChI is InChI=1S/C19H27NO4S2/c1-5-24-19(23)16(10-11-25-4)20-18(22)17(26-14(3)21)12-15-9-7-6-8-13(15)2/h6-9,16-17H,5,10-12H2,1-4H3,(H,20,22)/t16-,17-/m0/s1. The van der Waals surface area contributed by atoms with Crippen molar-refractivity contribution in [2.24, 2.45) is 0 Å². The number of rotatable bonds is 10. The number of esters is 1. The number of nitrogens with one attached hydrogen (secondary N) is 1. The molecule has 0 unspecified atom stereocenters. The van der Waals surface area contributed by atoms with Crippen molar-refractivity contribution < 1.29 is 19.1 Å². The molecule has 0 heterocycles. The van der Waals surface area contributed by atoms with Gasteiger partial charge < -0.3 is 10.1 Å². The van der Waals surface area contributed by atoms with Crippen LogP contribution < -0.4 is 5.32 Å². The summed E-state index contributed by atoms with van der Waals surface area (Å²) in [4.78, 5) is 36.5. The van der Waals surface area contributed by atoms with Crippen LogP contribution in [0.3, 0.4) is 0 Å². The molecule has 1 N–H and O–H groups in total. The van der Waals surface area contributed by atoms with Gasteiger partial charge in [0, 0.05) is 6.92 Å². The molecule has 7 heteroatoms. The van der Waals surface area contributed by atoms with E-state index in [1.54, 1.807) is 18.7 Å². The molecule has 0 spiro atoms. The second kappa shape index (κ2) is 12.0. The second-order valence-corrected chi connectivity index (χ2v) is 8.19. The molecule has 0 aliphatic carbocycles. The number of ether oxygens (including phenoxy) is 1. The van der Waals surface area contributed by atoms with Crippen molar-refractivity contribution >= 4 is 40.5 Å². The Bertz CT molecular complexity index is 621. The molecule has 0 fully saturated rings. The Labute approximate surface area is 164 Å². The van der Waals surface area contributed by atoms with E-state index in [-0.39, 0.29) is 17.6 Å². The number of aryl methyl sites for hydroxylation is 1. The summed E-state index contributed by atoms with van der Waals surface area (Å²) in [5.41, 5.74) is 2.08. The Morgan fingerprint density at radius 2 is 1.92 bits per heavy atom. The van der Waals surface area contributed by atoms with Crippen molar-refractivity contribution in [2.45, 2.75) is 44.9 Å². The highest BCUT2D eigenvalue weighted by Crippen LogP contribution is 2.20. The topological polar surface area (TPSA) is 72.5 Å². The maximum Gasteiger partial charge on any atom is 0.328 e. The lowest BCUT2D eigenvalue weighted by Crippen LogP contribution is -2.46. The first-order valence-electron chi connectivity index (χ1n) is 8.56. The highest BCUT2D eigenvalue weighted by atomic mass is 32.2. The molecule has 0 aromatic heterocycles. The van der Waals surface area contributed by atoms with Gasteiger partial charge in [-0.3, -0.25) is 9.59 Å². The third-order valence-electron chi connectivity index (χ3n) is 3.77. The fourth-order valence-corrected chi connectivity index (χ4v) is 3.73.